The van der Waals surface area contributed by atoms with Gasteiger partial charge in [-0.15, -0.1) is 0 Å². The van der Waals surface area contributed by atoms with Crippen LogP contribution in [-0.4, -0.2) is 58.6 Å². The molecule has 150 valence electrons. The van der Waals surface area contributed by atoms with Crippen LogP contribution < -0.4 is 11.1 Å². The Hall–Kier alpha value is -2.58. The number of nitrogens with one attached hydrogen (secondary N) is 1. The Kier molecular flexibility index (Phi) is 6.89. The van der Waals surface area contributed by atoms with Gasteiger partial charge in [-0.2, -0.15) is 0 Å². The number of nitrogens with two attached hydrogens (primary N) is 1. The summed E-state index contributed by atoms with van der Waals surface area (Å²) in [7, 11) is 0. The first-order valence-electron chi connectivity index (χ1n) is 9.66. The number of aromatic nitrogens is 3. The van der Waals surface area contributed by atoms with E-state index in [1.54, 1.807) is 12.3 Å². The molecule has 0 spiro atoms. The van der Waals surface area contributed by atoms with Crippen LogP contribution in [0.2, 0.25) is 0 Å². The van der Waals surface area contributed by atoms with Crippen LogP contribution in [0.3, 0.4) is 0 Å². The maximum absolute atomic E-state index is 12.7. The highest BCUT2D eigenvalue weighted by Crippen LogP contribution is 2.20. The normalized spacial score (nSPS) is 16.1. The molecule has 1 aliphatic heterocycles. The second-order valence-corrected chi connectivity index (χ2v) is 7.36. The first-order chi connectivity index (χ1) is 13.5. The molecule has 0 saturated carbocycles. The first-order valence-corrected chi connectivity index (χ1v) is 9.66. The van der Waals surface area contributed by atoms with E-state index in [1.807, 2.05) is 18.3 Å². The van der Waals surface area contributed by atoms with Gasteiger partial charge in [-0.3, -0.25) is 14.7 Å². The third-order valence-corrected chi connectivity index (χ3v) is 4.66. The lowest BCUT2D eigenvalue weighted by Crippen LogP contribution is -2.44. The van der Waals surface area contributed by atoms with E-state index in [2.05, 4.69) is 39.0 Å². The third kappa shape index (κ3) is 5.46. The Labute approximate surface area is 165 Å². The van der Waals surface area contributed by atoms with Crippen molar-refractivity contribution >= 4 is 11.9 Å². The van der Waals surface area contributed by atoms with Crippen LogP contribution in [0, 0.1) is 5.92 Å². The molecule has 1 unspecified atom stereocenters. The molecule has 2 aromatic rings. The Bertz CT molecular complexity index is 778. The lowest BCUT2D eigenvalue weighted by molar-refractivity contribution is 0.0161. The average Bonchev–Trinajstić information content (AvgIpc) is 2.68. The van der Waals surface area contributed by atoms with Crippen LogP contribution in [0.25, 0.3) is 0 Å². The van der Waals surface area contributed by atoms with Crippen LogP contribution in [0.4, 0.5) is 5.95 Å². The number of hydrogen-bond acceptors (Lipinski definition) is 7. The molecule has 8 nitrogen and oxygen atoms in total. The lowest BCUT2D eigenvalue weighted by atomic mass is 10.1. The molecule has 1 saturated heterocycles. The standard InChI is InChI=1S/C20H28N6O2/c1-14(2)10-16-11-17(25-20(21)24-16)19(27)23-13-18(15-4-3-5-22-12-15)26-6-8-28-9-7-26/h3-5,11-12,14,18H,6-10,13H2,1-2H3,(H,23,27)(H2,21,24,25). The summed E-state index contributed by atoms with van der Waals surface area (Å²) in [6.07, 6.45) is 4.34. The molecule has 1 aliphatic rings. The minimum atomic E-state index is -0.249. The largest absolute Gasteiger partial charge is 0.379 e. The summed E-state index contributed by atoms with van der Waals surface area (Å²) in [6.45, 7) is 7.64. The summed E-state index contributed by atoms with van der Waals surface area (Å²) < 4.78 is 5.46. The van der Waals surface area contributed by atoms with Crippen molar-refractivity contribution in [1.82, 2.24) is 25.2 Å². The van der Waals surface area contributed by atoms with Gasteiger partial charge < -0.3 is 15.8 Å². The van der Waals surface area contributed by atoms with E-state index in [-0.39, 0.29) is 17.9 Å². The van der Waals surface area contributed by atoms with Gasteiger partial charge in [0, 0.05) is 37.7 Å². The van der Waals surface area contributed by atoms with Gasteiger partial charge in [0.2, 0.25) is 5.95 Å². The highest BCUT2D eigenvalue weighted by molar-refractivity contribution is 5.92. The fraction of sp³-hybridized carbons (Fsp3) is 0.500. The molecule has 3 rings (SSSR count). The van der Waals surface area contributed by atoms with Crippen LogP contribution in [0.15, 0.2) is 30.6 Å². The summed E-state index contributed by atoms with van der Waals surface area (Å²) in [5.41, 5.74) is 7.95. The molecule has 0 aliphatic carbocycles. The summed E-state index contributed by atoms with van der Waals surface area (Å²) in [4.78, 5) is 27.6. The average molecular weight is 384 g/mol. The Morgan fingerprint density at radius 1 is 1.32 bits per heavy atom. The topological polar surface area (TPSA) is 106 Å². The molecule has 1 atom stereocenters. The second kappa shape index (κ2) is 9.57. The van der Waals surface area contributed by atoms with Gasteiger partial charge in [0.15, 0.2) is 0 Å². The first kappa shape index (κ1) is 20.2. The number of pyridine rings is 1. The number of nitrogens with zero attached hydrogens (tertiary/aromatic N) is 4. The zero-order valence-corrected chi connectivity index (χ0v) is 16.5. The molecule has 3 N–H and O–H groups in total. The van der Waals surface area contributed by atoms with Crippen LogP contribution >= 0.6 is 0 Å². The molecule has 8 heteroatoms. The molecule has 1 amide bonds. The van der Waals surface area contributed by atoms with Gasteiger partial charge in [-0.1, -0.05) is 19.9 Å². The zero-order chi connectivity index (χ0) is 19.9. The summed E-state index contributed by atoms with van der Waals surface area (Å²) in [5, 5.41) is 3.01. The molecule has 0 radical (unpaired) electrons. The molecular weight excluding hydrogens is 356 g/mol. The van der Waals surface area contributed by atoms with Gasteiger partial charge in [-0.05, 0) is 30.0 Å². The minimum Gasteiger partial charge on any atom is -0.379 e. The van der Waals surface area contributed by atoms with E-state index >= 15 is 0 Å². The van der Waals surface area contributed by atoms with E-state index < -0.39 is 0 Å². The molecule has 0 aromatic carbocycles. The fourth-order valence-electron chi connectivity index (χ4n) is 3.36. The summed E-state index contributed by atoms with van der Waals surface area (Å²) in [6, 6.07) is 5.69. The highest BCUT2D eigenvalue weighted by Gasteiger charge is 2.24. The van der Waals surface area contributed by atoms with Crippen molar-refractivity contribution in [3.63, 3.8) is 0 Å². The van der Waals surface area contributed by atoms with Gasteiger partial charge in [0.25, 0.3) is 5.91 Å². The highest BCUT2D eigenvalue weighted by atomic mass is 16.5. The van der Waals surface area contributed by atoms with E-state index in [0.29, 0.717) is 31.4 Å². The van der Waals surface area contributed by atoms with Crippen molar-refractivity contribution in [3.8, 4) is 0 Å². The van der Waals surface area contributed by atoms with Gasteiger partial charge in [0.05, 0.1) is 19.3 Å². The number of ether oxygens (including phenoxy) is 1. The zero-order valence-electron chi connectivity index (χ0n) is 16.5. The van der Waals surface area contributed by atoms with Crippen LogP contribution in [0.5, 0.6) is 0 Å². The van der Waals surface area contributed by atoms with Crippen LogP contribution in [0.1, 0.15) is 41.6 Å². The Morgan fingerprint density at radius 3 is 2.79 bits per heavy atom. The number of anilines is 1. The van der Waals surface area contributed by atoms with Crippen molar-refractivity contribution in [1.29, 1.82) is 0 Å². The number of rotatable bonds is 7. The van der Waals surface area contributed by atoms with Crippen molar-refractivity contribution in [2.24, 2.45) is 5.92 Å². The molecule has 2 aromatic heterocycles. The Balaban J connectivity index is 1.72. The molecule has 28 heavy (non-hydrogen) atoms. The third-order valence-electron chi connectivity index (χ3n) is 4.66. The van der Waals surface area contributed by atoms with E-state index in [0.717, 1.165) is 30.8 Å². The number of amides is 1. The molecule has 0 bridgehead atoms. The number of carbonyl (C=O) groups is 1. The van der Waals surface area contributed by atoms with Crippen molar-refractivity contribution in [2.45, 2.75) is 26.3 Å². The molecule has 3 heterocycles. The van der Waals surface area contributed by atoms with E-state index in [9.17, 15) is 4.79 Å². The smallest absolute Gasteiger partial charge is 0.270 e. The maximum atomic E-state index is 12.7. The molecular formula is C20H28N6O2. The number of hydrogen-bond donors (Lipinski definition) is 2. The molecule has 1 fully saturated rings. The fourth-order valence-corrected chi connectivity index (χ4v) is 3.36. The van der Waals surface area contributed by atoms with Gasteiger partial charge in [-0.25, -0.2) is 9.97 Å². The van der Waals surface area contributed by atoms with Gasteiger partial charge in [0.1, 0.15) is 5.69 Å². The van der Waals surface area contributed by atoms with E-state index in [4.69, 9.17) is 10.5 Å². The second-order valence-electron chi connectivity index (χ2n) is 7.36. The summed E-state index contributed by atoms with van der Waals surface area (Å²) in [5.74, 6) is 0.294. The van der Waals surface area contributed by atoms with Crippen LogP contribution in [-0.2, 0) is 11.2 Å². The predicted octanol–water partition coefficient (Wildman–Crippen LogP) is 1.46. The van der Waals surface area contributed by atoms with E-state index in [1.165, 1.54) is 0 Å². The predicted molar refractivity (Wildman–Crippen MR) is 107 cm³/mol. The van der Waals surface area contributed by atoms with Crippen molar-refractivity contribution in [2.75, 3.05) is 38.6 Å². The van der Waals surface area contributed by atoms with Crippen molar-refractivity contribution < 1.29 is 9.53 Å². The maximum Gasteiger partial charge on any atom is 0.270 e. The SMILES string of the molecule is CC(C)Cc1cc(C(=O)NCC(c2cccnc2)N2CCOCC2)nc(N)n1. The quantitative estimate of drug-likeness (QED) is 0.744. The number of morpholine rings is 1. The monoisotopic (exact) mass is 384 g/mol. The lowest BCUT2D eigenvalue weighted by Gasteiger charge is -2.34. The summed E-state index contributed by atoms with van der Waals surface area (Å²) >= 11 is 0. The Morgan fingerprint density at radius 2 is 2.11 bits per heavy atom. The number of carbonyl (C=O) groups excluding carboxylic acids is 1. The minimum absolute atomic E-state index is 0.0240. The number of nitrogen functional groups attached to an aromatic ring is 1. The van der Waals surface area contributed by atoms with Gasteiger partial charge >= 0.3 is 0 Å². The van der Waals surface area contributed by atoms with Crippen molar-refractivity contribution in [3.05, 3.63) is 47.5 Å².